The van der Waals surface area contributed by atoms with Gasteiger partial charge in [0, 0.05) is 26.2 Å². The standard InChI is InChI=1S/C17H31N3O6/c1-17(2,3)26-16(23)18-11-15(22)20-7-5-13(6-8-20)19-14(21)12-25-10-9-24-4/h13H,5-12H2,1-4H3,(H,18,23)(H,19,21). The highest BCUT2D eigenvalue weighted by atomic mass is 16.6. The summed E-state index contributed by atoms with van der Waals surface area (Å²) in [7, 11) is 1.57. The van der Waals surface area contributed by atoms with E-state index in [1.54, 1.807) is 32.8 Å². The van der Waals surface area contributed by atoms with Crippen LogP contribution in [0.5, 0.6) is 0 Å². The molecule has 0 spiro atoms. The monoisotopic (exact) mass is 373 g/mol. The highest BCUT2D eigenvalue weighted by Crippen LogP contribution is 2.11. The van der Waals surface area contributed by atoms with Gasteiger partial charge in [0.25, 0.3) is 0 Å². The van der Waals surface area contributed by atoms with Crippen molar-refractivity contribution in [1.82, 2.24) is 15.5 Å². The number of carbonyl (C=O) groups excluding carboxylic acids is 3. The van der Waals surface area contributed by atoms with Crippen molar-refractivity contribution in [2.45, 2.75) is 45.3 Å². The van der Waals surface area contributed by atoms with Gasteiger partial charge in [0.1, 0.15) is 18.8 Å². The largest absolute Gasteiger partial charge is 0.444 e. The molecule has 0 saturated carbocycles. The van der Waals surface area contributed by atoms with Crippen LogP contribution in [0.3, 0.4) is 0 Å². The molecule has 0 radical (unpaired) electrons. The third-order valence-corrected chi connectivity index (χ3v) is 3.66. The van der Waals surface area contributed by atoms with Crippen LogP contribution in [0.25, 0.3) is 0 Å². The van der Waals surface area contributed by atoms with E-state index in [2.05, 4.69) is 10.6 Å². The molecule has 1 aliphatic heterocycles. The van der Waals surface area contributed by atoms with Crippen LogP contribution in [0.2, 0.25) is 0 Å². The molecule has 0 unspecified atom stereocenters. The number of nitrogens with zero attached hydrogens (tertiary/aromatic N) is 1. The smallest absolute Gasteiger partial charge is 0.408 e. The lowest BCUT2D eigenvalue weighted by molar-refractivity contribution is -0.131. The average Bonchev–Trinajstić information content (AvgIpc) is 2.56. The van der Waals surface area contributed by atoms with E-state index in [9.17, 15) is 14.4 Å². The second-order valence-corrected chi connectivity index (χ2v) is 7.12. The quantitative estimate of drug-likeness (QED) is 0.592. The van der Waals surface area contributed by atoms with Crippen molar-refractivity contribution in [3.63, 3.8) is 0 Å². The van der Waals surface area contributed by atoms with E-state index >= 15 is 0 Å². The van der Waals surface area contributed by atoms with E-state index in [0.29, 0.717) is 39.1 Å². The Morgan fingerprint density at radius 1 is 1.12 bits per heavy atom. The van der Waals surface area contributed by atoms with Crippen LogP contribution in [0.4, 0.5) is 4.79 Å². The number of hydrogen-bond acceptors (Lipinski definition) is 6. The van der Waals surface area contributed by atoms with Crippen molar-refractivity contribution >= 4 is 17.9 Å². The van der Waals surface area contributed by atoms with Crippen LogP contribution in [-0.2, 0) is 23.8 Å². The zero-order valence-corrected chi connectivity index (χ0v) is 16.1. The first-order chi connectivity index (χ1) is 12.2. The molecule has 0 atom stereocenters. The van der Waals surface area contributed by atoms with E-state index in [4.69, 9.17) is 14.2 Å². The number of rotatable bonds is 8. The van der Waals surface area contributed by atoms with E-state index in [-0.39, 0.29) is 31.0 Å². The molecule has 0 bridgehead atoms. The van der Waals surface area contributed by atoms with Crippen molar-refractivity contribution in [2.75, 3.05) is 46.6 Å². The number of likely N-dealkylation sites (tertiary alicyclic amines) is 1. The van der Waals surface area contributed by atoms with Crippen molar-refractivity contribution in [3.05, 3.63) is 0 Å². The molecule has 150 valence electrons. The first-order valence-corrected chi connectivity index (χ1v) is 8.82. The molecule has 1 aliphatic rings. The predicted molar refractivity (Wildman–Crippen MR) is 94.7 cm³/mol. The number of piperidine rings is 1. The molecule has 0 aliphatic carbocycles. The number of alkyl carbamates (subject to hydrolysis) is 1. The SMILES string of the molecule is COCCOCC(=O)NC1CCN(C(=O)CNC(=O)OC(C)(C)C)CC1. The zero-order valence-electron chi connectivity index (χ0n) is 16.1. The third kappa shape index (κ3) is 9.57. The predicted octanol–water partition coefficient (Wildman–Crippen LogP) is 0.281. The Kier molecular flexibility index (Phi) is 9.36. The van der Waals surface area contributed by atoms with Crippen LogP contribution >= 0.6 is 0 Å². The van der Waals surface area contributed by atoms with Crippen LogP contribution in [-0.4, -0.2) is 81.0 Å². The molecule has 3 amide bonds. The van der Waals surface area contributed by atoms with Gasteiger partial charge < -0.3 is 29.7 Å². The summed E-state index contributed by atoms with van der Waals surface area (Å²) in [5, 5.41) is 5.36. The van der Waals surface area contributed by atoms with Crippen molar-refractivity contribution in [3.8, 4) is 0 Å². The summed E-state index contributed by atoms with van der Waals surface area (Å²) in [6.07, 6.45) is 0.728. The number of nitrogens with one attached hydrogen (secondary N) is 2. The van der Waals surface area contributed by atoms with Gasteiger partial charge >= 0.3 is 6.09 Å². The van der Waals surface area contributed by atoms with Gasteiger partial charge in [-0.3, -0.25) is 9.59 Å². The number of methoxy groups -OCH3 is 1. The normalized spacial score (nSPS) is 15.5. The van der Waals surface area contributed by atoms with Gasteiger partial charge in [0.15, 0.2) is 0 Å². The summed E-state index contributed by atoms with van der Waals surface area (Å²) >= 11 is 0. The lowest BCUT2D eigenvalue weighted by Crippen LogP contribution is -2.49. The summed E-state index contributed by atoms with van der Waals surface area (Å²) in [6.45, 7) is 7.07. The molecule has 9 nitrogen and oxygen atoms in total. The fourth-order valence-electron chi connectivity index (χ4n) is 2.42. The fraction of sp³-hybridized carbons (Fsp3) is 0.824. The first-order valence-electron chi connectivity index (χ1n) is 8.82. The highest BCUT2D eigenvalue weighted by Gasteiger charge is 2.24. The van der Waals surface area contributed by atoms with Gasteiger partial charge in [-0.2, -0.15) is 0 Å². The maximum Gasteiger partial charge on any atom is 0.408 e. The minimum atomic E-state index is -0.610. The van der Waals surface area contributed by atoms with E-state index in [1.165, 1.54) is 0 Å². The molecular formula is C17H31N3O6. The van der Waals surface area contributed by atoms with Crippen LogP contribution in [0.1, 0.15) is 33.6 Å². The van der Waals surface area contributed by atoms with Gasteiger partial charge in [-0.05, 0) is 33.6 Å². The van der Waals surface area contributed by atoms with E-state index < -0.39 is 11.7 Å². The van der Waals surface area contributed by atoms with Gasteiger partial charge in [-0.15, -0.1) is 0 Å². The molecule has 0 aromatic heterocycles. The minimum Gasteiger partial charge on any atom is -0.444 e. The second-order valence-electron chi connectivity index (χ2n) is 7.12. The topological polar surface area (TPSA) is 106 Å². The Morgan fingerprint density at radius 2 is 1.77 bits per heavy atom. The maximum absolute atomic E-state index is 12.1. The molecule has 1 saturated heterocycles. The van der Waals surface area contributed by atoms with Crippen LogP contribution in [0.15, 0.2) is 0 Å². The Hall–Kier alpha value is -1.87. The van der Waals surface area contributed by atoms with Crippen molar-refractivity contribution < 1.29 is 28.6 Å². The number of carbonyl (C=O) groups is 3. The fourth-order valence-corrected chi connectivity index (χ4v) is 2.42. The molecule has 0 aromatic carbocycles. The van der Waals surface area contributed by atoms with Crippen molar-refractivity contribution in [2.24, 2.45) is 0 Å². The summed E-state index contributed by atoms with van der Waals surface area (Å²) in [4.78, 5) is 37.1. The highest BCUT2D eigenvalue weighted by molar-refractivity contribution is 5.82. The van der Waals surface area contributed by atoms with Crippen LogP contribution < -0.4 is 10.6 Å². The first kappa shape index (κ1) is 22.2. The van der Waals surface area contributed by atoms with Crippen LogP contribution in [0, 0.1) is 0 Å². The number of amides is 3. The van der Waals surface area contributed by atoms with Gasteiger partial charge in [0.2, 0.25) is 11.8 Å². The maximum atomic E-state index is 12.1. The molecule has 2 N–H and O–H groups in total. The molecule has 1 heterocycles. The molecule has 9 heteroatoms. The second kappa shape index (κ2) is 11.0. The Balaban J connectivity index is 2.21. The summed E-state index contributed by atoms with van der Waals surface area (Å²) in [6, 6.07) is 0.0244. The molecule has 26 heavy (non-hydrogen) atoms. The average molecular weight is 373 g/mol. The Morgan fingerprint density at radius 3 is 2.35 bits per heavy atom. The lowest BCUT2D eigenvalue weighted by atomic mass is 10.0. The third-order valence-electron chi connectivity index (χ3n) is 3.66. The molecule has 1 fully saturated rings. The summed E-state index contributed by atoms with van der Waals surface area (Å²) < 4.78 is 15.1. The van der Waals surface area contributed by atoms with Gasteiger partial charge in [-0.1, -0.05) is 0 Å². The van der Waals surface area contributed by atoms with Crippen molar-refractivity contribution in [1.29, 1.82) is 0 Å². The molecule has 0 aromatic rings. The lowest BCUT2D eigenvalue weighted by Gasteiger charge is -2.32. The minimum absolute atomic E-state index is 0.00229. The number of ether oxygens (including phenoxy) is 3. The Labute approximate surface area is 154 Å². The van der Waals surface area contributed by atoms with Gasteiger partial charge in [-0.25, -0.2) is 4.79 Å². The van der Waals surface area contributed by atoms with E-state index in [0.717, 1.165) is 0 Å². The number of hydrogen-bond donors (Lipinski definition) is 2. The Bertz CT molecular complexity index is 470. The zero-order chi connectivity index (χ0) is 19.6. The van der Waals surface area contributed by atoms with E-state index in [1.807, 2.05) is 0 Å². The molecular weight excluding hydrogens is 342 g/mol. The summed E-state index contributed by atoms with van der Waals surface area (Å²) in [5.74, 6) is -0.332. The van der Waals surface area contributed by atoms with Gasteiger partial charge in [0.05, 0.1) is 13.2 Å². The molecule has 1 rings (SSSR count). The summed E-state index contributed by atoms with van der Waals surface area (Å²) in [5.41, 5.74) is -0.600.